The molecule has 1 fully saturated rings. The van der Waals surface area contributed by atoms with Crippen LogP contribution >= 0.6 is 11.3 Å². The monoisotopic (exact) mass is 416 g/mol. The van der Waals surface area contributed by atoms with Crippen LogP contribution in [0.2, 0.25) is 0 Å². The van der Waals surface area contributed by atoms with E-state index in [1.165, 1.54) is 0 Å². The Morgan fingerprint density at radius 1 is 1.17 bits per heavy atom. The summed E-state index contributed by atoms with van der Waals surface area (Å²) in [7, 11) is 0. The van der Waals surface area contributed by atoms with Gasteiger partial charge in [-0.25, -0.2) is 4.98 Å². The molecule has 1 N–H and O–H groups in total. The number of ether oxygens (including phenoxy) is 1. The second kappa shape index (κ2) is 8.40. The molecule has 0 bridgehead atoms. The van der Waals surface area contributed by atoms with Crippen molar-refractivity contribution in [2.75, 3.05) is 18.0 Å². The third kappa shape index (κ3) is 5.34. The van der Waals surface area contributed by atoms with Crippen LogP contribution in [0.15, 0.2) is 12.1 Å². The summed E-state index contributed by atoms with van der Waals surface area (Å²) in [5.41, 5.74) is 3.53. The molecule has 29 heavy (non-hydrogen) atoms. The maximum absolute atomic E-state index is 12.4. The summed E-state index contributed by atoms with van der Waals surface area (Å²) < 4.78 is 5.88. The Labute approximate surface area is 177 Å². The van der Waals surface area contributed by atoms with Crippen LogP contribution in [0.5, 0.6) is 0 Å². The Balaban J connectivity index is 1.95. The van der Waals surface area contributed by atoms with E-state index in [1.54, 1.807) is 11.3 Å². The topological polar surface area (TPSA) is 67.3 Å². The van der Waals surface area contributed by atoms with Gasteiger partial charge in [-0.05, 0) is 45.4 Å². The lowest BCUT2D eigenvalue weighted by Gasteiger charge is -2.35. The molecule has 2 aromatic rings. The Morgan fingerprint density at radius 3 is 2.31 bits per heavy atom. The minimum atomic E-state index is -0.433. The number of amides is 1. The number of carbonyl (C=O) groups excluding carboxylic acids is 1. The van der Waals surface area contributed by atoms with Crippen LogP contribution in [0.4, 0.5) is 5.13 Å². The average molecular weight is 417 g/mol. The number of hydrogen-bond donors (Lipinski definition) is 1. The Bertz CT molecular complexity index is 857. The number of pyridine rings is 1. The zero-order valence-corrected chi connectivity index (χ0v) is 19.3. The van der Waals surface area contributed by atoms with E-state index >= 15 is 0 Å². The van der Waals surface area contributed by atoms with Crippen LogP contribution in [0, 0.1) is 19.3 Å². The lowest BCUT2D eigenvalue weighted by atomic mass is 9.96. The molecule has 1 saturated heterocycles. The number of morpholine rings is 1. The molecule has 0 saturated carbocycles. The first-order chi connectivity index (χ1) is 13.5. The molecule has 3 rings (SSSR count). The summed E-state index contributed by atoms with van der Waals surface area (Å²) in [5.74, 6) is 0.0220. The smallest absolute Gasteiger partial charge is 0.225 e. The molecule has 7 heteroatoms. The van der Waals surface area contributed by atoms with E-state index in [9.17, 15) is 4.79 Å². The highest BCUT2D eigenvalue weighted by Crippen LogP contribution is 2.36. The number of carbonyl (C=O) groups is 1. The average Bonchev–Trinajstić information content (AvgIpc) is 3.01. The van der Waals surface area contributed by atoms with Crippen molar-refractivity contribution in [1.29, 1.82) is 0 Å². The summed E-state index contributed by atoms with van der Waals surface area (Å²) in [6.07, 6.45) is 0.334. The highest BCUT2D eigenvalue weighted by molar-refractivity contribution is 7.19. The van der Waals surface area contributed by atoms with Gasteiger partial charge in [0.05, 0.1) is 29.3 Å². The van der Waals surface area contributed by atoms with E-state index < -0.39 is 5.41 Å². The number of aryl methyl sites for hydroxylation is 2. The molecule has 158 valence electrons. The van der Waals surface area contributed by atoms with Gasteiger partial charge in [0, 0.05) is 29.9 Å². The Kier molecular flexibility index (Phi) is 6.29. The van der Waals surface area contributed by atoms with Crippen LogP contribution < -0.4 is 10.2 Å². The highest BCUT2D eigenvalue weighted by Gasteiger charge is 2.27. The zero-order valence-electron chi connectivity index (χ0n) is 18.5. The summed E-state index contributed by atoms with van der Waals surface area (Å²) in [6.45, 7) is 16.0. The molecule has 2 atom stereocenters. The zero-order chi connectivity index (χ0) is 21.3. The van der Waals surface area contributed by atoms with Crippen molar-refractivity contribution in [3.8, 4) is 10.4 Å². The third-order valence-electron chi connectivity index (χ3n) is 4.82. The molecule has 0 spiro atoms. The van der Waals surface area contributed by atoms with Crippen molar-refractivity contribution in [3.05, 3.63) is 29.2 Å². The van der Waals surface area contributed by atoms with Crippen LogP contribution in [0.1, 0.15) is 51.7 Å². The first kappa shape index (κ1) is 21.7. The molecule has 0 aliphatic carbocycles. The molecule has 1 aliphatic rings. The molecule has 0 radical (unpaired) electrons. The van der Waals surface area contributed by atoms with Crippen molar-refractivity contribution >= 4 is 22.4 Å². The SMILES string of the molecule is Cc1cc(-c2sc(N3C[C@@H](C)O[C@@H](C)C3)nc2CNC(=O)C(C)(C)C)cc(C)n1. The molecule has 1 aliphatic heterocycles. The molecular weight excluding hydrogens is 384 g/mol. The van der Waals surface area contributed by atoms with E-state index in [2.05, 4.69) is 41.2 Å². The highest BCUT2D eigenvalue weighted by atomic mass is 32.1. The number of thiazole rings is 1. The van der Waals surface area contributed by atoms with Gasteiger partial charge in [-0.2, -0.15) is 0 Å². The Morgan fingerprint density at radius 2 is 1.76 bits per heavy atom. The molecule has 2 aromatic heterocycles. The van der Waals surface area contributed by atoms with E-state index in [0.29, 0.717) is 6.54 Å². The summed E-state index contributed by atoms with van der Waals surface area (Å²) >= 11 is 1.68. The molecule has 1 amide bonds. The van der Waals surface area contributed by atoms with Gasteiger partial charge in [-0.1, -0.05) is 32.1 Å². The molecule has 0 unspecified atom stereocenters. The minimum Gasteiger partial charge on any atom is -0.372 e. The largest absolute Gasteiger partial charge is 0.372 e. The van der Waals surface area contributed by atoms with Crippen molar-refractivity contribution in [2.45, 2.75) is 67.2 Å². The van der Waals surface area contributed by atoms with Crippen LogP contribution in [-0.4, -0.2) is 41.2 Å². The minimum absolute atomic E-state index is 0.0220. The predicted octanol–water partition coefficient (Wildman–Crippen LogP) is 4.10. The first-order valence-corrected chi connectivity index (χ1v) is 11.0. The number of anilines is 1. The van der Waals surface area contributed by atoms with Gasteiger partial charge in [0.2, 0.25) is 5.91 Å². The van der Waals surface area contributed by atoms with Crippen molar-refractivity contribution in [3.63, 3.8) is 0 Å². The number of rotatable bonds is 4. The summed E-state index contributed by atoms with van der Waals surface area (Å²) in [4.78, 5) is 25.2. The lowest BCUT2D eigenvalue weighted by Crippen LogP contribution is -2.45. The van der Waals surface area contributed by atoms with Gasteiger partial charge in [-0.3, -0.25) is 9.78 Å². The van der Waals surface area contributed by atoms with Crippen molar-refractivity contribution in [2.24, 2.45) is 5.41 Å². The van der Waals surface area contributed by atoms with Crippen LogP contribution in [0.3, 0.4) is 0 Å². The summed E-state index contributed by atoms with van der Waals surface area (Å²) in [5, 5.41) is 4.04. The Hall–Kier alpha value is -1.99. The number of hydrogen-bond acceptors (Lipinski definition) is 6. The van der Waals surface area contributed by atoms with E-state index in [-0.39, 0.29) is 18.1 Å². The number of nitrogens with zero attached hydrogens (tertiary/aromatic N) is 3. The maximum Gasteiger partial charge on any atom is 0.225 e. The number of nitrogens with one attached hydrogen (secondary N) is 1. The molecule has 6 nitrogen and oxygen atoms in total. The fourth-order valence-electron chi connectivity index (χ4n) is 3.55. The molecule has 0 aromatic carbocycles. The third-order valence-corrected chi connectivity index (χ3v) is 6.02. The molecular formula is C22H32N4O2S. The second-order valence-electron chi connectivity index (χ2n) is 9.01. The van der Waals surface area contributed by atoms with E-state index in [4.69, 9.17) is 9.72 Å². The quantitative estimate of drug-likeness (QED) is 0.813. The standard InChI is InChI=1S/C22H32N4O2S/c1-13-8-17(9-14(2)24-13)19-18(10-23-20(27)22(5,6)7)25-21(29-19)26-11-15(3)28-16(4)12-26/h8-9,15-16H,10-12H2,1-7H3,(H,23,27)/t15-,16+. The molecule has 3 heterocycles. The van der Waals surface area contributed by atoms with Gasteiger partial charge < -0.3 is 15.0 Å². The van der Waals surface area contributed by atoms with Gasteiger partial charge in [-0.15, -0.1) is 0 Å². The number of aromatic nitrogens is 2. The summed E-state index contributed by atoms with van der Waals surface area (Å²) in [6, 6.07) is 4.17. The first-order valence-electron chi connectivity index (χ1n) is 10.2. The van der Waals surface area contributed by atoms with Crippen molar-refractivity contribution in [1.82, 2.24) is 15.3 Å². The van der Waals surface area contributed by atoms with Gasteiger partial charge >= 0.3 is 0 Å². The van der Waals surface area contributed by atoms with Gasteiger partial charge in [0.15, 0.2) is 5.13 Å². The predicted molar refractivity (Wildman–Crippen MR) is 118 cm³/mol. The lowest BCUT2D eigenvalue weighted by molar-refractivity contribution is -0.128. The fraction of sp³-hybridized carbons (Fsp3) is 0.591. The van der Waals surface area contributed by atoms with E-state index in [0.717, 1.165) is 45.7 Å². The maximum atomic E-state index is 12.4. The normalized spacial score (nSPS) is 20.0. The van der Waals surface area contributed by atoms with Crippen LogP contribution in [0.25, 0.3) is 10.4 Å². The second-order valence-corrected chi connectivity index (χ2v) is 9.98. The van der Waals surface area contributed by atoms with E-state index in [1.807, 2.05) is 34.6 Å². The van der Waals surface area contributed by atoms with Crippen molar-refractivity contribution < 1.29 is 9.53 Å². The fourth-order valence-corrected chi connectivity index (χ4v) is 4.64. The van der Waals surface area contributed by atoms with Gasteiger partial charge in [0.1, 0.15) is 0 Å². The van der Waals surface area contributed by atoms with Gasteiger partial charge in [0.25, 0.3) is 0 Å². The van der Waals surface area contributed by atoms with Crippen LogP contribution in [-0.2, 0) is 16.1 Å².